The number of halogens is 1. The van der Waals surface area contributed by atoms with E-state index >= 15 is 0 Å². The van der Waals surface area contributed by atoms with E-state index in [1.807, 2.05) is 36.4 Å². The first-order chi connectivity index (χ1) is 17.9. The summed E-state index contributed by atoms with van der Waals surface area (Å²) in [6.45, 7) is 0. The summed E-state index contributed by atoms with van der Waals surface area (Å²) in [7, 11) is 3.14. The van der Waals surface area contributed by atoms with E-state index in [0.717, 1.165) is 5.70 Å². The van der Waals surface area contributed by atoms with E-state index in [-0.39, 0.29) is 17.4 Å². The van der Waals surface area contributed by atoms with Crippen LogP contribution in [0.15, 0.2) is 89.6 Å². The normalized spacial score (nSPS) is 19.0. The van der Waals surface area contributed by atoms with Crippen LogP contribution in [0.5, 0.6) is 11.5 Å². The van der Waals surface area contributed by atoms with Gasteiger partial charge < -0.3 is 14.6 Å². The molecule has 1 heterocycles. The summed E-state index contributed by atoms with van der Waals surface area (Å²) < 4.78 is 11.2. The van der Waals surface area contributed by atoms with Crippen LogP contribution in [-0.4, -0.2) is 30.9 Å². The van der Waals surface area contributed by atoms with Crippen molar-refractivity contribution in [3.05, 3.63) is 106 Å². The summed E-state index contributed by atoms with van der Waals surface area (Å²) in [6, 6.07) is 21.6. The Labute approximate surface area is 220 Å². The second-order valence-corrected chi connectivity index (χ2v) is 9.40. The lowest BCUT2D eigenvalue weighted by atomic mass is 9.73. The molecular formula is C30H27ClN2O4. The molecule has 0 amide bonds. The molecule has 0 saturated heterocycles. The molecule has 2 N–H and O–H groups in total. The van der Waals surface area contributed by atoms with Crippen LogP contribution in [0.2, 0.25) is 5.02 Å². The fourth-order valence-electron chi connectivity index (χ4n) is 5.19. The molecule has 2 aliphatic rings. The number of ether oxygens (including phenoxy) is 2. The molecule has 1 aliphatic heterocycles. The number of amidine groups is 1. The van der Waals surface area contributed by atoms with E-state index in [0.29, 0.717) is 63.7 Å². The van der Waals surface area contributed by atoms with Crippen molar-refractivity contribution in [2.75, 3.05) is 19.1 Å². The van der Waals surface area contributed by atoms with Gasteiger partial charge in [-0.25, -0.2) is 0 Å². The van der Waals surface area contributed by atoms with Crippen LogP contribution in [0, 0.1) is 5.41 Å². The van der Waals surface area contributed by atoms with E-state index in [1.165, 1.54) is 0 Å². The molecule has 37 heavy (non-hydrogen) atoms. The van der Waals surface area contributed by atoms with Crippen LogP contribution < -0.4 is 14.4 Å². The van der Waals surface area contributed by atoms with Crippen LogP contribution >= 0.6 is 11.6 Å². The van der Waals surface area contributed by atoms with Gasteiger partial charge in [-0.1, -0.05) is 41.9 Å². The highest BCUT2D eigenvalue weighted by Gasteiger charge is 2.44. The monoisotopic (exact) mass is 514 g/mol. The van der Waals surface area contributed by atoms with Gasteiger partial charge in [0.05, 0.1) is 20.1 Å². The van der Waals surface area contributed by atoms with Crippen LogP contribution in [0.25, 0.3) is 5.76 Å². The second-order valence-electron chi connectivity index (χ2n) is 8.97. The second kappa shape index (κ2) is 10.1. The van der Waals surface area contributed by atoms with E-state index in [9.17, 15) is 15.3 Å². The van der Waals surface area contributed by atoms with Crippen LogP contribution in [0.4, 0.5) is 5.69 Å². The molecule has 3 aromatic carbocycles. The topological polar surface area (TPSA) is 82.9 Å². The Kier molecular flexibility index (Phi) is 6.76. The van der Waals surface area contributed by atoms with Crippen molar-refractivity contribution in [3.63, 3.8) is 0 Å². The molecule has 188 valence electrons. The van der Waals surface area contributed by atoms with Crippen molar-refractivity contribution in [2.45, 2.75) is 25.2 Å². The minimum atomic E-state index is -0.718. The molecule has 0 radical (unpaired) electrons. The van der Waals surface area contributed by atoms with Gasteiger partial charge in [-0.2, -0.15) is 0 Å². The predicted octanol–water partition coefficient (Wildman–Crippen LogP) is 6.91. The van der Waals surface area contributed by atoms with Gasteiger partial charge >= 0.3 is 0 Å². The summed E-state index contributed by atoms with van der Waals surface area (Å²) >= 11 is 6.16. The molecular weight excluding hydrogens is 488 g/mol. The zero-order chi connectivity index (χ0) is 26.1. The van der Waals surface area contributed by atoms with Gasteiger partial charge in [-0.15, -0.1) is 0 Å². The first-order valence-corrected chi connectivity index (χ1v) is 12.4. The molecule has 0 unspecified atom stereocenters. The first kappa shape index (κ1) is 24.7. The highest BCUT2D eigenvalue weighted by atomic mass is 35.5. The molecule has 0 saturated carbocycles. The van der Waals surface area contributed by atoms with Gasteiger partial charge in [-0.05, 0) is 55.3 Å². The largest absolute Gasteiger partial charge is 0.507 e. The number of rotatable bonds is 5. The fourth-order valence-corrected chi connectivity index (χ4v) is 5.32. The molecule has 1 aliphatic carbocycles. The Morgan fingerprint density at radius 3 is 2.41 bits per heavy atom. The maximum atomic E-state index is 13.7. The molecule has 0 bridgehead atoms. The van der Waals surface area contributed by atoms with Crippen molar-refractivity contribution in [1.29, 1.82) is 5.41 Å². The number of carbonyl (C=O) groups is 1. The molecule has 3 aromatic rings. The number of aliphatic hydroxyl groups is 1. The number of hydrogen-bond donors (Lipinski definition) is 2. The number of anilines is 1. The summed E-state index contributed by atoms with van der Waals surface area (Å²) in [5.41, 5.74) is 3.54. The molecule has 5 rings (SSSR count). The first-order valence-electron chi connectivity index (χ1n) is 12.1. The molecule has 0 aromatic heterocycles. The number of hydrogen-bond acceptors (Lipinski definition) is 5. The van der Waals surface area contributed by atoms with E-state index in [2.05, 4.69) is 0 Å². The predicted molar refractivity (Wildman–Crippen MR) is 146 cm³/mol. The lowest BCUT2D eigenvalue weighted by molar-refractivity contribution is -0.116. The Morgan fingerprint density at radius 2 is 1.73 bits per heavy atom. The Bertz CT molecular complexity index is 1430. The van der Waals surface area contributed by atoms with Crippen molar-refractivity contribution in [3.8, 4) is 11.5 Å². The zero-order valence-corrected chi connectivity index (χ0v) is 21.4. The Balaban J connectivity index is 1.86. The van der Waals surface area contributed by atoms with Gasteiger partial charge in [0.15, 0.2) is 5.78 Å². The number of carbonyl (C=O) groups excluding carboxylic acids is 1. The van der Waals surface area contributed by atoms with Crippen LogP contribution in [0.1, 0.15) is 36.3 Å². The SMILES string of the molecule is COc1ccc(OC)c([C@H]2C3=C(CCCC3=O)N(c3ccc(Cl)cc3)C(=N)/C2=C(/O)c2ccccc2)c1. The Morgan fingerprint density at radius 1 is 1.00 bits per heavy atom. The van der Waals surface area contributed by atoms with Crippen molar-refractivity contribution in [2.24, 2.45) is 0 Å². The number of nitrogens with zero attached hydrogens (tertiary/aromatic N) is 1. The number of benzene rings is 3. The molecule has 6 nitrogen and oxygen atoms in total. The lowest BCUT2D eigenvalue weighted by Gasteiger charge is -2.42. The van der Waals surface area contributed by atoms with Crippen molar-refractivity contribution < 1.29 is 19.4 Å². The third kappa shape index (κ3) is 4.38. The Hall–Kier alpha value is -4.03. The minimum absolute atomic E-state index is 0.0130. The third-order valence-electron chi connectivity index (χ3n) is 6.89. The maximum absolute atomic E-state index is 13.7. The standard InChI is InChI=1S/C30H27ClN2O4/c1-36-21-15-16-25(37-2)22(17-21)26-27-23(9-6-10-24(27)34)33(20-13-11-19(31)12-14-20)30(32)28(26)29(35)18-7-4-3-5-8-18/h3-5,7-8,11-17,26,32,35H,6,9-10H2,1-2H3/b29-28+,32-30?/t26-/m0/s1. The van der Waals surface area contributed by atoms with Gasteiger partial charge in [0, 0.05) is 45.1 Å². The average molecular weight is 515 g/mol. The zero-order valence-electron chi connectivity index (χ0n) is 20.6. The summed E-state index contributed by atoms with van der Waals surface area (Å²) in [5, 5.41) is 21.7. The van der Waals surface area contributed by atoms with E-state index in [1.54, 1.807) is 55.5 Å². The summed E-state index contributed by atoms with van der Waals surface area (Å²) in [5.74, 6) is 0.426. The quantitative estimate of drug-likeness (QED) is 0.361. The third-order valence-corrected chi connectivity index (χ3v) is 7.14. The van der Waals surface area contributed by atoms with Crippen LogP contribution in [0.3, 0.4) is 0 Å². The number of methoxy groups -OCH3 is 2. The van der Waals surface area contributed by atoms with Gasteiger partial charge in [-0.3, -0.25) is 15.1 Å². The molecule has 7 heteroatoms. The number of allylic oxidation sites excluding steroid dienone is 2. The fraction of sp³-hybridized carbons (Fsp3) is 0.200. The van der Waals surface area contributed by atoms with E-state index in [4.69, 9.17) is 21.1 Å². The highest BCUT2D eigenvalue weighted by Crippen LogP contribution is 2.50. The molecule has 0 fully saturated rings. The maximum Gasteiger partial charge on any atom is 0.161 e. The number of Topliss-reactive ketones (excluding diaryl/α,β-unsaturated/α-hetero) is 1. The minimum Gasteiger partial charge on any atom is -0.507 e. The lowest BCUT2D eigenvalue weighted by Crippen LogP contribution is -2.42. The number of ketones is 1. The van der Waals surface area contributed by atoms with Gasteiger partial charge in [0.1, 0.15) is 23.1 Å². The van der Waals surface area contributed by atoms with Crippen molar-refractivity contribution >= 4 is 34.7 Å². The summed E-state index contributed by atoms with van der Waals surface area (Å²) in [4.78, 5) is 15.4. The van der Waals surface area contributed by atoms with Crippen molar-refractivity contribution in [1.82, 2.24) is 0 Å². The smallest absolute Gasteiger partial charge is 0.161 e. The number of nitrogens with one attached hydrogen (secondary N) is 1. The summed E-state index contributed by atoms with van der Waals surface area (Å²) in [6.07, 6.45) is 1.69. The highest BCUT2D eigenvalue weighted by molar-refractivity contribution is 6.30. The van der Waals surface area contributed by atoms with E-state index < -0.39 is 5.92 Å². The molecule has 1 atom stereocenters. The van der Waals surface area contributed by atoms with Crippen LogP contribution in [-0.2, 0) is 4.79 Å². The van der Waals surface area contributed by atoms with Gasteiger partial charge in [0.2, 0.25) is 0 Å². The average Bonchev–Trinajstić information content (AvgIpc) is 2.93. The van der Waals surface area contributed by atoms with Gasteiger partial charge in [0.25, 0.3) is 0 Å². The number of aliphatic hydroxyl groups excluding tert-OH is 1. The molecule has 0 spiro atoms.